The van der Waals surface area contributed by atoms with Crippen LogP contribution in [0.1, 0.15) is 77.2 Å². The van der Waals surface area contributed by atoms with Gasteiger partial charge in [-0.15, -0.1) is 5.10 Å². The number of hydrogen-bond donors (Lipinski definition) is 2. The second kappa shape index (κ2) is 5.31. The lowest BCUT2D eigenvalue weighted by atomic mass is 9.82. The average molecular weight is 266 g/mol. The second-order valence-corrected chi connectivity index (χ2v) is 7.27. The first-order chi connectivity index (χ1) is 8.50. The summed E-state index contributed by atoms with van der Waals surface area (Å²) in [6, 6.07) is 0. The van der Waals surface area contributed by atoms with E-state index in [4.69, 9.17) is 0 Å². The molecule has 0 atom stereocenters. The van der Waals surface area contributed by atoms with Crippen LogP contribution in [0.5, 0.6) is 0 Å². The van der Waals surface area contributed by atoms with Gasteiger partial charge in [0, 0.05) is 11.5 Å². The van der Waals surface area contributed by atoms with Crippen LogP contribution in [0.25, 0.3) is 0 Å². The van der Waals surface area contributed by atoms with Crippen LogP contribution < -0.4 is 5.32 Å². The Morgan fingerprint density at radius 2 is 1.84 bits per heavy atom. The molecule has 108 valence electrons. The largest absolute Gasteiger partial charge is 0.344 e. The molecule has 2 N–H and O–H groups in total. The average Bonchev–Trinajstić information content (AvgIpc) is 2.60. The van der Waals surface area contributed by atoms with Gasteiger partial charge in [-0.3, -0.25) is 9.89 Å². The summed E-state index contributed by atoms with van der Waals surface area (Å²) < 4.78 is 0. The SMILES string of the molecule is CC(C)c1nc(C(=O)NC(C)(C)CC(C)(C)C)n[nH]1. The van der Waals surface area contributed by atoms with Crippen molar-refractivity contribution in [2.75, 3.05) is 0 Å². The number of carbonyl (C=O) groups excluding carboxylic acids is 1. The molecule has 1 aromatic rings. The third-order valence-electron chi connectivity index (χ3n) is 2.68. The van der Waals surface area contributed by atoms with Gasteiger partial charge < -0.3 is 5.32 Å². The first-order valence-corrected chi connectivity index (χ1v) is 6.75. The van der Waals surface area contributed by atoms with E-state index in [2.05, 4.69) is 41.3 Å². The molecule has 19 heavy (non-hydrogen) atoms. The molecular formula is C14H26N4O. The van der Waals surface area contributed by atoms with Crippen molar-refractivity contribution in [2.24, 2.45) is 5.41 Å². The van der Waals surface area contributed by atoms with E-state index in [1.54, 1.807) is 0 Å². The molecule has 0 aliphatic heterocycles. The molecule has 5 nitrogen and oxygen atoms in total. The Morgan fingerprint density at radius 3 is 2.26 bits per heavy atom. The quantitative estimate of drug-likeness (QED) is 0.880. The Morgan fingerprint density at radius 1 is 1.26 bits per heavy atom. The molecule has 0 unspecified atom stereocenters. The fraction of sp³-hybridized carbons (Fsp3) is 0.786. The molecule has 0 saturated heterocycles. The van der Waals surface area contributed by atoms with Crippen molar-refractivity contribution in [3.63, 3.8) is 0 Å². The van der Waals surface area contributed by atoms with Gasteiger partial charge in [-0.05, 0) is 25.7 Å². The minimum absolute atomic E-state index is 0.152. The lowest BCUT2D eigenvalue weighted by Crippen LogP contribution is -2.46. The van der Waals surface area contributed by atoms with E-state index in [9.17, 15) is 4.79 Å². The lowest BCUT2D eigenvalue weighted by molar-refractivity contribution is 0.0881. The predicted molar refractivity (Wildman–Crippen MR) is 76.1 cm³/mol. The number of carbonyl (C=O) groups is 1. The summed E-state index contributed by atoms with van der Waals surface area (Å²) >= 11 is 0. The van der Waals surface area contributed by atoms with Crippen LogP contribution in [-0.2, 0) is 0 Å². The van der Waals surface area contributed by atoms with E-state index in [1.807, 2.05) is 27.7 Å². The van der Waals surface area contributed by atoms with Crippen LogP contribution in [-0.4, -0.2) is 26.6 Å². The number of aromatic nitrogens is 3. The molecule has 1 aromatic heterocycles. The number of nitrogens with one attached hydrogen (secondary N) is 2. The summed E-state index contributed by atoms with van der Waals surface area (Å²) in [5, 5.41) is 9.77. The monoisotopic (exact) mass is 266 g/mol. The van der Waals surface area contributed by atoms with Crippen LogP contribution in [0.3, 0.4) is 0 Å². The minimum atomic E-state index is -0.284. The molecule has 0 radical (unpaired) electrons. The maximum Gasteiger partial charge on any atom is 0.291 e. The highest BCUT2D eigenvalue weighted by atomic mass is 16.2. The Balaban J connectivity index is 2.73. The predicted octanol–water partition coefficient (Wildman–Crippen LogP) is 2.87. The molecule has 0 bridgehead atoms. The number of amides is 1. The van der Waals surface area contributed by atoms with Gasteiger partial charge in [0.25, 0.3) is 5.91 Å². The van der Waals surface area contributed by atoms with Crippen molar-refractivity contribution >= 4 is 5.91 Å². The van der Waals surface area contributed by atoms with Crippen molar-refractivity contribution in [3.05, 3.63) is 11.6 Å². The van der Waals surface area contributed by atoms with Gasteiger partial charge in [0.1, 0.15) is 5.82 Å². The van der Waals surface area contributed by atoms with Crippen LogP contribution in [0.4, 0.5) is 0 Å². The molecule has 1 heterocycles. The molecule has 0 aliphatic carbocycles. The van der Waals surface area contributed by atoms with Gasteiger partial charge in [-0.25, -0.2) is 4.98 Å². The van der Waals surface area contributed by atoms with Crippen molar-refractivity contribution in [2.45, 2.75) is 66.3 Å². The van der Waals surface area contributed by atoms with Crippen LogP contribution in [0.15, 0.2) is 0 Å². The van der Waals surface area contributed by atoms with E-state index < -0.39 is 0 Å². The number of H-pyrrole nitrogens is 1. The summed E-state index contributed by atoms with van der Waals surface area (Å²) in [7, 11) is 0. The third kappa shape index (κ3) is 5.01. The van der Waals surface area contributed by atoms with E-state index >= 15 is 0 Å². The van der Waals surface area contributed by atoms with Crippen molar-refractivity contribution in [1.82, 2.24) is 20.5 Å². The Kier molecular flexibility index (Phi) is 4.38. The summed E-state index contributed by atoms with van der Waals surface area (Å²) in [5.74, 6) is 0.957. The first-order valence-electron chi connectivity index (χ1n) is 6.75. The Labute approximate surface area is 115 Å². The third-order valence-corrected chi connectivity index (χ3v) is 2.68. The van der Waals surface area contributed by atoms with Crippen LogP contribution in [0, 0.1) is 5.41 Å². The summed E-state index contributed by atoms with van der Waals surface area (Å²) in [4.78, 5) is 16.3. The molecule has 0 spiro atoms. The Hall–Kier alpha value is -1.39. The molecule has 1 rings (SSSR count). The van der Waals surface area contributed by atoms with Gasteiger partial charge in [-0.2, -0.15) is 0 Å². The molecule has 0 saturated carbocycles. The smallest absolute Gasteiger partial charge is 0.291 e. The number of hydrogen-bond acceptors (Lipinski definition) is 3. The van der Waals surface area contributed by atoms with E-state index in [1.165, 1.54) is 0 Å². The highest BCUT2D eigenvalue weighted by molar-refractivity contribution is 5.90. The molecular weight excluding hydrogens is 240 g/mol. The normalized spacial score (nSPS) is 12.8. The van der Waals surface area contributed by atoms with E-state index in [0.29, 0.717) is 0 Å². The topological polar surface area (TPSA) is 70.7 Å². The van der Waals surface area contributed by atoms with Crippen molar-refractivity contribution < 1.29 is 4.79 Å². The maximum absolute atomic E-state index is 12.1. The lowest BCUT2D eigenvalue weighted by Gasteiger charge is -2.32. The summed E-state index contributed by atoms with van der Waals surface area (Å²) in [6.45, 7) is 14.5. The second-order valence-electron chi connectivity index (χ2n) is 7.27. The van der Waals surface area contributed by atoms with Crippen molar-refractivity contribution in [1.29, 1.82) is 0 Å². The molecule has 0 fully saturated rings. The number of rotatable bonds is 4. The zero-order valence-corrected chi connectivity index (χ0v) is 13.1. The van der Waals surface area contributed by atoms with E-state index in [0.717, 1.165) is 12.2 Å². The zero-order valence-electron chi connectivity index (χ0n) is 13.1. The first kappa shape index (κ1) is 15.7. The zero-order chi connectivity index (χ0) is 14.8. The highest BCUT2D eigenvalue weighted by Crippen LogP contribution is 2.26. The van der Waals surface area contributed by atoms with Gasteiger partial charge in [0.05, 0.1) is 0 Å². The molecule has 0 aliphatic rings. The van der Waals surface area contributed by atoms with Gasteiger partial charge >= 0.3 is 0 Å². The van der Waals surface area contributed by atoms with Crippen LogP contribution in [0.2, 0.25) is 0 Å². The molecule has 0 aromatic carbocycles. The number of aromatic amines is 1. The van der Waals surface area contributed by atoms with Gasteiger partial charge in [0.2, 0.25) is 5.82 Å². The van der Waals surface area contributed by atoms with Crippen molar-refractivity contribution in [3.8, 4) is 0 Å². The van der Waals surface area contributed by atoms with Gasteiger partial charge in [-0.1, -0.05) is 34.6 Å². The molecule has 1 amide bonds. The highest BCUT2D eigenvalue weighted by Gasteiger charge is 2.28. The maximum atomic E-state index is 12.1. The summed E-state index contributed by atoms with van der Waals surface area (Å²) in [5.41, 5.74) is -0.132. The van der Waals surface area contributed by atoms with E-state index in [-0.39, 0.29) is 28.6 Å². The Bertz CT molecular complexity index is 441. The fourth-order valence-corrected chi connectivity index (χ4v) is 2.37. The number of nitrogens with zero attached hydrogens (tertiary/aromatic N) is 2. The van der Waals surface area contributed by atoms with Gasteiger partial charge in [0.15, 0.2) is 0 Å². The van der Waals surface area contributed by atoms with Crippen LogP contribution >= 0.6 is 0 Å². The fourth-order valence-electron chi connectivity index (χ4n) is 2.37. The molecule has 5 heteroatoms. The summed E-state index contributed by atoms with van der Waals surface area (Å²) in [6.07, 6.45) is 0.882. The standard InChI is InChI=1S/C14H26N4O/c1-9(2)10-15-11(18-17-10)12(19)16-14(6,7)8-13(3,4)5/h9H,8H2,1-7H3,(H,16,19)(H,15,17,18). The minimum Gasteiger partial charge on any atom is -0.344 e.